The molecular formula is C21H28N4O4. The monoisotopic (exact) mass is 400 g/mol. The first-order valence-corrected chi connectivity index (χ1v) is 10.2. The smallest absolute Gasteiger partial charge is 0.233 e. The standard InChI is InChI=1S/C21H28N4O4/c1-3-22-20(24-12-21(2,28)15-5-4-10-29-15)23-8-9-25-18(26)16-13-6-7-14(11-13)17(16)19(25)27/h4-7,10,13-14,16-17,28H,3,8-9,11-12H2,1-2H3,(H2,22,23,24). The van der Waals surface area contributed by atoms with Gasteiger partial charge in [0.2, 0.25) is 11.8 Å². The van der Waals surface area contributed by atoms with Gasteiger partial charge in [0.15, 0.2) is 5.96 Å². The molecule has 2 amide bonds. The second-order valence-electron chi connectivity index (χ2n) is 8.20. The minimum Gasteiger partial charge on any atom is -0.466 e. The zero-order chi connectivity index (χ0) is 20.6. The lowest BCUT2D eigenvalue weighted by Crippen LogP contribution is -2.44. The van der Waals surface area contributed by atoms with Gasteiger partial charge in [0.1, 0.15) is 11.4 Å². The number of aliphatic imine (C=N–C) groups is 1. The lowest BCUT2D eigenvalue weighted by atomic mass is 9.85. The minimum atomic E-state index is -1.23. The molecular weight excluding hydrogens is 372 g/mol. The lowest BCUT2D eigenvalue weighted by Gasteiger charge is -2.21. The molecule has 2 bridgehead atoms. The van der Waals surface area contributed by atoms with Crippen LogP contribution in [0.5, 0.6) is 0 Å². The van der Waals surface area contributed by atoms with Gasteiger partial charge >= 0.3 is 0 Å². The highest BCUT2D eigenvalue weighted by molar-refractivity contribution is 6.06. The number of aliphatic hydroxyl groups is 1. The summed E-state index contributed by atoms with van der Waals surface area (Å²) in [6.07, 6.45) is 6.64. The van der Waals surface area contributed by atoms with Crippen molar-refractivity contribution in [3.63, 3.8) is 0 Å². The van der Waals surface area contributed by atoms with E-state index in [-0.39, 0.29) is 42.0 Å². The zero-order valence-electron chi connectivity index (χ0n) is 16.8. The number of hydrogen-bond donors (Lipinski definition) is 3. The summed E-state index contributed by atoms with van der Waals surface area (Å²) < 4.78 is 5.27. The van der Waals surface area contributed by atoms with E-state index in [1.165, 1.54) is 11.2 Å². The number of nitrogens with one attached hydrogen (secondary N) is 2. The van der Waals surface area contributed by atoms with Crippen LogP contribution in [0.15, 0.2) is 40.0 Å². The van der Waals surface area contributed by atoms with Crippen LogP contribution in [0.2, 0.25) is 0 Å². The molecule has 0 aromatic carbocycles. The number of fused-ring (bicyclic) bond motifs is 5. The summed E-state index contributed by atoms with van der Waals surface area (Å²) in [5, 5.41) is 16.8. The van der Waals surface area contributed by atoms with E-state index in [4.69, 9.17) is 4.42 Å². The van der Waals surface area contributed by atoms with E-state index in [0.29, 0.717) is 31.4 Å². The summed E-state index contributed by atoms with van der Waals surface area (Å²) in [5.74, 6) is 0.998. The van der Waals surface area contributed by atoms with E-state index >= 15 is 0 Å². The van der Waals surface area contributed by atoms with Crippen molar-refractivity contribution in [3.05, 3.63) is 36.3 Å². The van der Waals surface area contributed by atoms with Gasteiger partial charge in [0.25, 0.3) is 0 Å². The van der Waals surface area contributed by atoms with Crippen LogP contribution in [0, 0.1) is 23.7 Å². The number of amides is 2. The predicted molar refractivity (Wildman–Crippen MR) is 107 cm³/mol. The van der Waals surface area contributed by atoms with Crippen molar-refractivity contribution in [2.45, 2.75) is 25.9 Å². The first kappa shape index (κ1) is 19.7. The fourth-order valence-electron chi connectivity index (χ4n) is 4.71. The normalized spacial score (nSPS) is 30.0. The molecule has 1 aromatic heterocycles. The highest BCUT2D eigenvalue weighted by atomic mass is 16.4. The van der Waals surface area contributed by atoms with E-state index in [1.807, 2.05) is 6.92 Å². The maximum absolute atomic E-state index is 12.7. The number of rotatable bonds is 7. The van der Waals surface area contributed by atoms with Crippen molar-refractivity contribution in [2.75, 3.05) is 26.2 Å². The van der Waals surface area contributed by atoms with Gasteiger partial charge in [-0.3, -0.25) is 14.5 Å². The Labute approximate surface area is 170 Å². The van der Waals surface area contributed by atoms with Crippen molar-refractivity contribution in [1.82, 2.24) is 15.5 Å². The molecule has 4 rings (SSSR count). The number of hydrogen-bond acceptors (Lipinski definition) is 5. The Morgan fingerprint density at radius 1 is 1.28 bits per heavy atom. The molecule has 8 heteroatoms. The second kappa shape index (κ2) is 7.67. The molecule has 0 spiro atoms. The Bertz CT molecular complexity index is 800. The Morgan fingerprint density at radius 2 is 1.97 bits per heavy atom. The first-order chi connectivity index (χ1) is 13.9. The quantitative estimate of drug-likeness (QED) is 0.271. The molecule has 1 aliphatic heterocycles. The van der Waals surface area contributed by atoms with Gasteiger partial charge in [-0.2, -0.15) is 0 Å². The van der Waals surface area contributed by atoms with Crippen molar-refractivity contribution >= 4 is 17.8 Å². The van der Waals surface area contributed by atoms with Gasteiger partial charge in [0, 0.05) is 19.6 Å². The highest BCUT2D eigenvalue weighted by Gasteiger charge is 2.58. The summed E-state index contributed by atoms with van der Waals surface area (Å²) in [4.78, 5) is 31.3. The second-order valence-corrected chi connectivity index (χ2v) is 8.20. The summed E-state index contributed by atoms with van der Waals surface area (Å²) in [6, 6.07) is 3.43. The molecule has 8 nitrogen and oxygen atoms in total. The van der Waals surface area contributed by atoms with Crippen LogP contribution in [-0.2, 0) is 15.2 Å². The summed E-state index contributed by atoms with van der Waals surface area (Å²) in [5.41, 5.74) is -1.23. The maximum Gasteiger partial charge on any atom is 0.233 e. The number of guanidine groups is 1. The molecule has 3 N–H and O–H groups in total. The van der Waals surface area contributed by atoms with E-state index < -0.39 is 5.60 Å². The number of allylic oxidation sites excluding steroid dienone is 2. The molecule has 1 saturated heterocycles. The topological polar surface area (TPSA) is 107 Å². The van der Waals surface area contributed by atoms with Crippen LogP contribution < -0.4 is 10.6 Å². The zero-order valence-corrected chi connectivity index (χ0v) is 16.8. The Balaban J connectivity index is 1.33. The molecule has 156 valence electrons. The van der Waals surface area contributed by atoms with Crippen LogP contribution in [0.3, 0.4) is 0 Å². The number of imide groups is 1. The molecule has 2 fully saturated rings. The molecule has 29 heavy (non-hydrogen) atoms. The van der Waals surface area contributed by atoms with E-state index in [2.05, 4.69) is 27.8 Å². The number of nitrogens with zero attached hydrogens (tertiary/aromatic N) is 2. The van der Waals surface area contributed by atoms with Gasteiger partial charge in [-0.05, 0) is 44.2 Å². The molecule has 5 unspecified atom stereocenters. The third kappa shape index (κ3) is 3.57. The van der Waals surface area contributed by atoms with Crippen molar-refractivity contribution in [1.29, 1.82) is 0 Å². The average molecular weight is 400 g/mol. The number of carbonyl (C=O) groups is 2. The van der Waals surface area contributed by atoms with Crippen molar-refractivity contribution < 1.29 is 19.1 Å². The van der Waals surface area contributed by atoms with E-state index in [9.17, 15) is 14.7 Å². The van der Waals surface area contributed by atoms with Crippen molar-refractivity contribution in [2.24, 2.45) is 28.7 Å². The summed E-state index contributed by atoms with van der Waals surface area (Å²) in [7, 11) is 0. The SMILES string of the molecule is CCNC(=NCC(C)(O)c1ccco1)NCCN1C(=O)C2C3C=CC(C3)C2C1=O. The Kier molecular flexibility index (Phi) is 5.21. The van der Waals surface area contributed by atoms with Crippen LogP contribution in [0.25, 0.3) is 0 Å². The third-order valence-corrected chi connectivity index (χ3v) is 6.13. The predicted octanol–water partition coefficient (Wildman–Crippen LogP) is 0.849. The maximum atomic E-state index is 12.7. The molecule has 2 heterocycles. The summed E-state index contributed by atoms with van der Waals surface area (Å²) in [6.45, 7) is 5.05. The van der Waals surface area contributed by atoms with Crippen LogP contribution in [-0.4, -0.2) is 54.0 Å². The fourth-order valence-corrected chi connectivity index (χ4v) is 4.71. The molecule has 2 aliphatic carbocycles. The number of likely N-dealkylation sites (tertiary alicyclic amines) is 1. The average Bonchev–Trinajstić information content (AvgIpc) is 3.47. The van der Waals surface area contributed by atoms with Gasteiger partial charge in [0.05, 0.1) is 24.6 Å². The van der Waals surface area contributed by atoms with Crippen LogP contribution >= 0.6 is 0 Å². The largest absolute Gasteiger partial charge is 0.466 e. The number of carbonyl (C=O) groups excluding carboxylic acids is 2. The van der Waals surface area contributed by atoms with Crippen LogP contribution in [0.1, 0.15) is 26.0 Å². The van der Waals surface area contributed by atoms with Gasteiger partial charge in [-0.25, -0.2) is 4.99 Å². The summed E-state index contributed by atoms with van der Waals surface area (Å²) >= 11 is 0. The van der Waals surface area contributed by atoms with Gasteiger partial charge in [-0.15, -0.1) is 0 Å². The van der Waals surface area contributed by atoms with E-state index in [1.54, 1.807) is 19.1 Å². The molecule has 0 radical (unpaired) electrons. The Morgan fingerprint density at radius 3 is 2.55 bits per heavy atom. The van der Waals surface area contributed by atoms with E-state index in [0.717, 1.165) is 6.42 Å². The third-order valence-electron chi connectivity index (χ3n) is 6.13. The minimum absolute atomic E-state index is 0.0404. The van der Waals surface area contributed by atoms with Gasteiger partial charge in [-0.1, -0.05) is 12.2 Å². The first-order valence-electron chi connectivity index (χ1n) is 10.2. The van der Waals surface area contributed by atoms with Gasteiger partial charge < -0.3 is 20.2 Å². The van der Waals surface area contributed by atoms with Crippen LogP contribution in [0.4, 0.5) is 0 Å². The van der Waals surface area contributed by atoms with Crippen molar-refractivity contribution in [3.8, 4) is 0 Å². The fraction of sp³-hybridized carbons (Fsp3) is 0.571. The lowest BCUT2D eigenvalue weighted by molar-refractivity contribution is -0.140. The molecule has 5 atom stereocenters. The molecule has 1 aromatic rings. The molecule has 1 saturated carbocycles. The molecule has 3 aliphatic rings. The highest BCUT2D eigenvalue weighted by Crippen LogP contribution is 2.52. The number of furan rings is 1. The Hall–Kier alpha value is -2.61.